The molecule has 0 amide bonds. The number of fused-ring (bicyclic) bond motifs is 10. The van der Waals surface area contributed by atoms with Gasteiger partial charge >= 0.3 is 0 Å². The van der Waals surface area contributed by atoms with Crippen molar-refractivity contribution in [3.63, 3.8) is 0 Å². The zero-order valence-corrected chi connectivity index (χ0v) is 31.9. The van der Waals surface area contributed by atoms with Crippen molar-refractivity contribution in [3.8, 4) is 67.3 Å². The Bertz CT molecular complexity index is 3180. The van der Waals surface area contributed by atoms with Crippen LogP contribution in [0.1, 0.15) is 25.0 Å². The highest BCUT2D eigenvalue weighted by Gasteiger charge is 2.40. The van der Waals surface area contributed by atoms with Crippen molar-refractivity contribution in [1.29, 1.82) is 0 Å². The van der Waals surface area contributed by atoms with Gasteiger partial charge in [0.05, 0.1) is 11.4 Å². The molecule has 0 saturated heterocycles. The van der Waals surface area contributed by atoms with Gasteiger partial charge in [0.15, 0.2) is 5.82 Å². The summed E-state index contributed by atoms with van der Waals surface area (Å²) in [4.78, 5) is 10.3. The van der Waals surface area contributed by atoms with Gasteiger partial charge in [-0.15, -0.1) is 0 Å². The molecule has 0 saturated carbocycles. The van der Waals surface area contributed by atoms with E-state index in [1.807, 2.05) is 18.2 Å². The molecule has 9 aromatic carbocycles. The fraction of sp³-hybridized carbons (Fsp3) is 0.0545. The maximum absolute atomic E-state index is 5.16. The van der Waals surface area contributed by atoms with Crippen LogP contribution >= 0.6 is 0 Å². The van der Waals surface area contributed by atoms with Crippen LogP contribution in [0, 0.1) is 0 Å². The van der Waals surface area contributed by atoms with E-state index in [0.29, 0.717) is 5.82 Å². The van der Waals surface area contributed by atoms with Gasteiger partial charge in [0.25, 0.3) is 0 Å². The zero-order valence-electron chi connectivity index (χ0n) is 31.9. The second-order valence-electron chi connectivity index (χ2n) is 15.7. The second kappa shape index (κ2) is 13.0. The number of hydrogen-bond acceptors (Lipinski definition) is 2. The molecule has 0 fully saturated rings. The molecule has 1 aliphatic carbocycles. The van der Waals surface area contributed by atoms with E-state index < -0.39 is 0 Å². The fourth-order valence-corrected chi connectivity index (χ4v) is 9.33. The van der Waals surface area contributed by atoms with Crippen molar-refractivity contribution in [1.82, 2.24) is 9.97 Å². The average Bonchev–Trinajstić information content (AvgIpc) is 3.53. The predicted octanol–water partition coefficient (Wildman–Crippen LogP) is 14.6. The van der Waals surface area contributed by atoms with Crippen LogP contribution in [0.5, 0.6) is 0 Å². The molecule has 0 aliphatic heterocycles. The Balaban J connectivity index is 1.06. The molecule has 0 radical (unpaired) electrons. The van der Waals surface area contributed by atoms with Crippen LogP contribution < -0.4 is 0 Å². The first kappa shape index (κ1) is 33.2. The minimum absolute atomic E-state index is 0.198. The molecule has 0 N–H and O–H groups in total. The lowest BCUT2D eigenvalue weighted by molar-refractivity contribution is 0.667. The maximum atomic E-state index is 5.16. The largest absolute Gasteiger partial charge is 0.228 e. The van der Waals surface area contributed by atoms with Crippen LogP contribution in [0.3, 0.4) is 0 Å². The Labute approximate surface area is 332 Å². The summed E-state index contributed by atoms with van der Waals surface area (Å²) in [5.41, 5.74) is 15.0. The van der Waals surface area contributed by atoms with E-state index in [1.54, 1.807) is 0 Å². The number of nitrogens with zero attached hydrogens (tertiary/aromatic N) is 2. The van der Waals surface area contributed by atoms with Crippen molar-refractivity contribution in [2.75, 3.05) is 0 Å². The highest BCUT2D eigenvalue weighted by Crippen LogP contribution is 2.57. The smallest absolute Gasteiger partial charge is 0.160 e. The van der Waals surface area contributed by atoms with Crippen LogP contribution in [0.4, 0.5) is 0 Å². The third-order valence-electron chi connectivity index (χ3n) is 12.0. The quantitative estimate of drug-likeness (QED) is 0.165. The molecule has 0 bridgehead atoms. The van der Waals surface area contributed by atoms with Gasteiger partial charge in [-0.3, -0.25) is 0 Å². The molecule has 1 heterocycles. The van der Waals surface area contributed by atoms with E-state index >= 15 is 0 Å². The van der Waals surface area contributed by atoms with Crippen LogP contribution in [-0.2, 0) is 5.41 Å². The topological polar surface area (TPSA) is 25.8 Å². The summed E-state index contributed by atoms with van der Waals surface area (Å²) in [6, 6.07) is 69.9. The van der Waals surface area contributed by atoms with E-state index in [2.05, 4.69) is 190 Å². The van der Waals surface area contributed by atoms with E-state index in [0.717, 1.165) is 33.6 Å². The molecule has 2 nitrogen and oxygen atoms in total. The third kappa shape index (κ3) is 5.33. The van der Waals surface area contributed by atoms with Gasteiger partial charge in [0.1, 0.15) is 0 Å². The third-order valence-corrected chi connectivity index (χ3v) is 12.0. The molecule has 268 valence electrons. The standard InChI is InChI=1S/C55H38N2/c1-55(2)48-33-47(43-24-10-12-25-44(43)51(48)52-45-26-13-9-22-41(45)42-23-11-14-27-46(42)53(52)55)36-28-30-37(31-29-36)49-34-50(57-54(56-49)38-18-7-4-8-19-38)40-21-15-20-39(32-40)35-16-5-3-6-17-35/h3-34H,1-2H3. The first-order valence-electron chi connectivity index (χ1n) is 19.7. The van der Waals surface area contributed by atoms with Gasteiger partial charge in [-0.05, 0) is 95.0 Å². The molecule has 2 heteroatoms. The van der Waals surface area contributed by atoms with Gasteiger partial charge in [0.2, 0.25) is 0 Å². The van der Waals surface area contributed by atoms with Gasteiger partial charge in [-0.1, -0.05) is 190 Å². The molecular weight excluding hydrogens is 689 g/mol. The Kier molecular flexibility index (Phi) is 7.55. The number of benzene rings is 9. The summed E-state index contributed by atoms with van der Waals surface area (Å²) >= 11 is 0. The van der Waals surface area contributed by atoms with Crippen LogP contribution in [0.2, 0.25) is 0 Å². The van der Waals surface area contributed by atoms with E-state index in [4.69, 9.17) is 9.97 Å². The SMILES string of the molecule is CC1(C)c2cc(-c3ccc(-c4cc(-c5cccc(-c6ccccc6)c5)nc(-c5ccccc5)n4)cc3)c3ccccc3c2-c2c1c1ccccc1c1ccccc21. The van der Waals surface area contributed by atoms with Gasteiger partial charge in [0, 0.05) is 22.1 Å². The molecule has 1 aliphatic rings. The summed E-state index contributed by atoms with van der Waals surface area (Å²) in [5.74, 6) is 0.712. The Morgan fingerprint density at radius 2 is 0.825 bits per heavy atom. The lowest BCUT2D eigenvalue weighted by Gasteiger charge is -2.25. The Hall–Kier alpha value is -7.16. The maximum Gasteiger partial charge on any atom is 0.160 e. The average molecular weight is 727 g/mol. The molecular formula is C55H38N2. The molecule has 0 atom stereocenters. The summed E-state index contributed by atoms with van der Waals surface area (Å²) in [6.07, 6.45) is 0. The summed E-state index contributed by atoms with van der Waals surface area (Å²) in [6.45, 7) is 4.82. The second-order valence-corrected chi connectivity index (χ2v) is 15.7. The van der Waals surface area contributed by atoms with Crippen molar-refractivity contribution in [2.45, 2.75) is 19.3 Å². The summed E-state index contributed by atoms with van der Waals surface area (Å²) in [7, 11) is 0. The number of aromatic nitrogens is 2. The monoisotopic (exact) mass is 726 g/mol. The predicted molar refractivity (Wildman–Crippen MR) is 239 cm³/mol. The molecule has 11 rings (SSSR count). The molecule has 0 unspecified atom stereocenters. The normalized spacial score (nSPS) is 12.9. The zero-order chi connectivity index (χ0) is 38.1. The van der Waals surface area contributed by atoms with Crippen molar-refractivity contribution in [2.24, 2.45) is 0 Å². The van der Waals surface area contributed by atoms with Crippen LogP contribution in [-0.4, -0.2) is 9.97 Å². The Morgan fingerprint density at radius 1 is 0.333 bits per heavy atom. The van der Waals surface area contributed by atoms with Crippen LogP contribution in [0.25, 0.3) is 99.6 Å². The molecule has 10 aromatic rings. The summed E-state index contributed by atoms with van der Waals surface area (Å²) in [5, 5.41) is 7.86. The first-order valence-corrected chi connectivity index (χ1v) is 19.7. The minimum Gasteiger partial charge on any atom is -0.228 e. The number of rotatable bonds is 5. The van der Waals surface area contributed by atoms with Gasteiger partial charge < -0.3 is 0 Å². The van der Waals surface area contributed by atoms with E-state index in [1.165, 1.54) is 71.3 Å². The van der Waals surface area contributed by atoms with Crippen molar-refractivity contribution in [3.05, 3.63) is 205 Å². The minimum atomic E-state index is -0.198. The van der Waals surface area contributed by atoms with Crippen molar-refractivity contribution < 1.29 is 0 Å². The highest BCUT2D eigenvalue weighted by atomic mass is 14.9. The highest BCUT2D eigenvalue weighted by molar-refractivity contribution is 6.22. The van der Waals surface area contributed by atoms with E-state index in [9.17, 15) is 0 Å². The lowest BCUT2D eigenvalue weighted by atomic mass is 9.78. The van der Waals surface area contributed by atoms with Crippen molar-refractivity contribution >= 4 is 32.3 Å². The van der Waals surface area contributed by atoms with Crippen LogP contribution in [0.15, 0.2) is 194 Å². The summed E-state index contributed by atoms with van der Waals surface area (Å²) < 4.78 is 0. The number of hydrogen-bond donors (Lipinski definition) is 0. The molecule has 1 aromatic heterocycles. The first-order chi connectivity index (χ1) is 28.0. The molecule has 57 heavy (non-hydrogen) atoms. The van der Waals surface area contributed by atoms with Gasteiger partial charge in [-0.25, -0.2) is 9.97 Å². The Morgan fingerprint density at radius 3 is 1.51 bits per heavy atom. The van der Waals surface area contributed by atoms with Gasteiger partial charge in [-0.2, -0.15) is 0 Å². The lowest BCUT2D eigenvalue weighted by Crippen LogP contribution is -2.16. The van der Waals surface area contributed by atoms with E-state index in [-0.39, 0.29) is 5.41 Å². The fourth-order valence-electron chi connectivity index (χ4n) is 9.33. The molecule has 0 spiro atoms.